The Kier molecular flexibility index (Phi) is 7.28. The molecule has 0 fully saturated rings. The van der Waals surface area contributed by atoms with Crippen molar-refractivity contribution in [2.75, 3.05) is 32.8 Å². The molecule has 1 N–H and O–H groups in total. The van der Waals surface area contributed by atoms with E-state index in [0.29, 0.717) is 11.3 Å². The number of hydrogen-bond acceptors (Lipinski definition) is 4. The number of halogens is 3. The summed E-state index contributed by atoms with van der Waals surface area (Å²) in [6.45, 7) is 2.27. The Hall–Kier alpha value is -2.74. The largest absolute Gasteiger partial charge is 0.496 e. The molecular formula is C20H22F3NO4. The molecule has 0 saturated carbocycles. The highest BCUT2D eigenvalue weighted by atomic mass is 19.4. The number of nitrogens with one attached hydrogen (secondary N) is 1. The van der Waals surface area contributed by atoms with Crippen molar-refractivity contribution in [1.29, 1.82) is 0 Å². The second-order valence-electron chi connectivity index (χ2n) is 6.08. The zero-order valence-corrected chi connectivity index (χ0v) is 15.9. The molecule has 0 heterocycles. The van der Waals surface area contributed by atoms with Crippen molar-refractivity contribution in [3.63, 3.8) is 0 Å². The number of aryl methyl sites for hydroxylation is 1. The van der Waals surface area contributed by atoms with Gasteiger partial charge in [0.05, 0.1) is 31.4 Å². The molecule has 0 radical (unpaired) electrons. The van der Waals surface area contributed by atoms with Gasteiger partial charge < -0.3 is 19.5 Å². The van der Waals surface area contributed by atoms with Crippen LogP contribution in [0.3, 0.4) is 0 Å². The van der Waals surface area contributed by atoms with E-state index in [9.17, 15) is 18.0 Å². The molecule has 0 spiro atoms. The van der Waals surface area contributed by atoms with Gasteiger partial charge in [0, 0.05) is 7.11 Å². The molecule has 0 aliphatic heterocycles. The number of alkyl halides is 3. The highest BCUT2D eigenvalue weighted by Gasteiger charge is 2.31. The first-order valence-electron chi connectivity index (χ1n) is 8.51. The van der Waals surface area contributed by atoms with Gasteiger partial charge in [-0.05, 0) is 42.3 Å². The van der Waals surface area contributed by atoms with Gasteiger partial charge in [0.15, 0.2) is 0 Å². The first-order valence-corrected chi connectivity index (χ1v) is 8.51. The molecule has 8 heteroatoms. The zero-order valence-electron chi connectivity index (χ0n) is 15.9. The molecule has 0 aliphatic carbocycles. The van der Waals surface area contributed by atoms with Crippen LogP contribution in [0.2, 0.25) is 0 Å². The monoisotopic (exact) mass is 397 g/mol. The Labute approximate surface area is 161 Å². The van der Waals surface area contributed by atoms with Crippen molar-refractivity contribution in [2.45, 2.75) is 19.5 Å². The summed E-state index contributed by atoms with van der Waals surface area (Å²) in [5, 5.41) is 2.50. The third-order valence-corrected chi connectivity index (χ3v) is 3.96. The van der Waals surface area contributed by atoms with E-state index in [0.717, 1.165) is 17.7 Å². The van der Waals surface area contributed by atoms with E-state index in [1.807, 2.05) is 13.0 Å². The van der Waals surface area contributed by atoms with E-state index >= 15 is 0 Å². The third-order valence-electron chi connectivity index (χ3n) is 3.96. The lowest BCUT2D eigenvalue weighted by molar-refractivity contribution is -0.137. The van der Waals surface area contributed by atoms with Crippen molar-refractivity contribution >= 4 is 11.6 Å². The molecule has 0 saturated heterocycles. The van der Waals surface area contributed by atoms with Gasteiger partial charge in [0.1, 0.15) is 18.1 Å². The number of amides is 1. The van der Waals surface area contributed by atoms with Gasteiger partial charge in [-0.25, -0.2) is 0 Å². The fourth-order valence-corrected chi connectivity index (χ4v) is 2.52. The van der Waals surface area contributed by atoms with Gasteiger partial charge in [-0.15, -0.1) is 0 Å². The van der Waals surface area contributed by atoms with Crippen molar-refractivity contribution in [2.24, 2.45) is 0 Å². The maximum atomic E-state index is 13.0. The van der Waals surface area contributed by atoms with Crippen LogP contribution in [0.5, 0.6) is 11.5 Å². The maximum absolute atomic E-state index is 13.0. The molecule has 2 rings (SSSR count). The van der Waals surface area contributed by atoms with Crippen LogP contribution < -0.4 is 14.8 Å². The number of carbonyl (C=O) groups excluding carboxylic acids is 1. The lowest BCUT2D eigenvalue weighted by atomic mass is 10.1. The lowest BCUT2D eigenvalue weighted by Crippen LogP contribution is -2.17. The van der Waals surface area contributed by atoms with Gasteiger partial charge in [0.2, 0.25) is 5.91 Å². The van der Waals surface area contributed by atoms with Crippen molar-refractivity contribution in [3.8, 4) is 11.5 Å². The predicted octanol–water partition coefficient (Wildman–Crippen LogP) is 4.23. The number of ether oxygens (including phenoxy) is 3. The van der Waals surface area contributed by atoms with Gasteiger partial charge in [-0.2, -0.15) is 13.2 Å². The van der Waals surface area contributed by atoms with E-state index < -0.39 is 17.6 Å². The normalized spacial score (nSPS) is 11.2. The first-order chi connectivity index (χ1) is 13.2. The van der Waals surface area contributed by atoms with Crippen LogP contribution in [0.4, 0.5) is 18.9 Å². The third kappa shape index (κ3) is 5.88. The molecular weight excluding hydrogens is 375 g/mol. The van der Waals surface area contributed by atoms with Gasteiger partial charge in [-0.3, -0.25) is 4.79 Å². The van der Waals surface area contributed by atoms with Crippen LogP contribution in [0, 0.1) is 6.92 Å². The number of methoxy groups -OCH3 is 2. The lowest BCUT2D eigenvalue weighted by Gasteiger charge is -2.15. The fraction of sp³-hybridized carbons (Fsp3) is 0.350. The van der Waals surface area contributed by atoms with Crippen LogP contribution in [0.25, 0.3) is 0 Å². The van der Waals surface area contributed by atoms with Crippen molar-refractivity contribution in [1.82, 2.24) is 0 Å². The molecule has 2 aromatic rings. The Balaban J connectivity index is 2.20. The average molecular weight is 397 g/mol. The summed E-state index contributed by atoms with van der Waals surface area (Å²) in [7, 11) is 3.01. The Morgan fingerprint density at radius 3 is 2.43 bits per heavy atom. The highest BCUT2D eigenvalue weighted by molar-refractivity contribution is 5.93. The van der Waals surface area contributed by atoms with E-state index in [2.05, 4.69) is 5.32 Å². The fourth-order valence-electron chi connectivity index (χ4n) is 2.52. The maximum Gasteiger partial charge on any atom is 0.416 e. The van der Waals surface area contributed by atoms with Crippen LogP contribution in [0.1, 0.15) is 16.7 Å². The molecule has 0 bridgehead atoms. The molecule has 5 nitrogen and oxygen atoms in total. The van der Waals surface area contributed by atoms with Crippen LogP contribution in [0.15, 0.2) is 36.4 Å². The Morgan fingerprint density at radius 2 is 1.79 bits per heavy atom. The molecule has 1 amide bonds. The topological polar surface area (TPSA) is 56.8 Å². The summed E-state index contributed by atoms with van der Waals surface area (Å²) in [6.07, 6.45) is -4.56. The zero-order chi connectivity index (χ0) is 20.7. The predicted molar refractivity (Wildman–Crippen MR) is 98.9 cm³/mol. The summed E-state index contributed by atoms with van der Waals surface area (Å²) >= 11 is 0. The summed E-state index contributed by atoms with van der Waals surface area (Å²) in [5.74, 6) is 0.301. The second-order valence-corrected chi connectivity index (χ2v) is 6.08. The summed E-state index contributed by atoms with van der Waals surface area (Å²) in [6, 6.07) is 8.24. The van der Waals surface area contributed by atoms with Crippen LogP contribution in [-0.4, -0.2) is 33.3 Å². The smallest absolute Gasteiger partial charge is 0.416 e. The van der Waals surface area contributed by atoms with Crippen LogP contribution in [-0.2, 0) is 22.1 Å². The summed E-state index contributed by atoms with van der Waals surface area (Å²) in [5.41, 5.74) is 0.668. The number of hydrogen-bond donors (Lipinski definition) is 1. The number of anilines is 1. The number of carbonyl (C=O) groups is 1. The Bertz CT molecular complexity index is 822. The summed E-state index contributed by atoms with van der Waals surface area (Å²) < 4.78 is 54.6. The molecule has 0 aliphatic rings. The van der Waals surface area contributed by atoms with Gasteiger partial charge in [0.25, 0.3) is 0 Å². The van der Waals surface area contributed by atoms with Crippen molar-refractivity contribution in [3.05, 3.63) is 53.1 Å². The Morgan fingerprint density at radius 1 is 1.04 bits per heavy atom. The summed E-state index contributed by atoms with van der Waals surface area (Å²) in [4.78, 5) is 12.4. The van der Waals surface area contributed by atoms with E-state index in [-0.39, 0.29) is 31.1 Å². The van der Waals surface area contributed by atoms with Gasteiger partial charge in [-0.1, -0.05) is 12.1 Å². The quantitative estimate of drug-likeness (QED) is 0.678. The molecule has 2 aromatic carbocycles. The van der Waals surface area contributed by atoms with Crippen LogP contribution >= 0.6 is 0 Å². The SMILES string of the molecule is COCCOc1ccc(C(F)(F)F)cc1NC(=O)Cc1ccc(C)c(OC)c1. The molecule has 0 unspecified atom stereocenters. The minimum absolute atomic E-state index is 0.0234. The standard InChI is InChI=1S/C20H22F3NO4/c1-13-4-5-14(10-18(13)27-3)11-19(25)24-16-12-15(20(21,22)23)6-7-17(16)28-9-8-26-2/h4-7,10,12H,8-9,11H2,1-3H3,(H,24,25). The first kappa shape index (κ1) is 21.6. The van der Waals surface area contributed by atoms with Crippen molar-refractivity contribution < 1.29 is 32.2 Å². The molecule has 0 atom stereocenters. The van der Waals surface area contributed by atoms with E-state index in [1.165, 1.54) is 20.3 Å². The molecule has 0 aromatic heterocycles. The number of benzene rings is 2. The average Bonchev–Trinajstić information content (AvgIpc) is 2.63. The van der Waals surface area contributed by atoms with Gasteiger partial charge >= 0.3 is 6.18 Å². The van der Waals surface area contributed by atoms with E-state index in [1.54, 1.807) is 12.1 Å². The van der Waals surface area contributed by atoms with E-state index in [4.69, 9.17) is 14.2 Å². The minimum atomic E-state index is -4.53. The molecule has 28 heavy (non-hydrogen) atoms. The number of rotatable bonds is 8. The highest BCUT2D eigenvalue weighted by Crippen LogP contribution is 2.35. The minimum Gasteiger partial charge on any atom is -0.496 e. The molecule has 152 valence electrons. The second kappa shape index (κ2) is 9.45.